The molecule has 0 N–H and O–H groups in total. The molecule has 1 unspecified atom stereocenters. The Morgan fingerprint density at radius 2 is 1.86 bits per heavy atom. The highest BCUT2D eigenvalue weighted by molar-refractivity contribution is 7.90. The molecule has 188 valence electrons. The maximum atomic E-state index is 13.8. The lowest BCUT2D eigenvalue weighted by atomic mass is 10.1. The zero-order valence-corrected chi connectivity index (χ0v) is 20.2. The molecular formula is C23H23F3N2O6S. The maximum Gasteiger partial charge on any atom is 0.416 e. The molecule has 2 heterocycles. The molecule has 0 bridgehead atoms. The zero-order chi connectivity index (χ0) is 26.1. The number of aromatic nitrogens is 2. The number of pyridine rings is 1. The van der Waals surface area contributed by atoms with E-state index in [1.807, 2.05) is 0 Å². The number of fused-ring (bicyclic) bond motifs is 1. The minimum absolute atomic E-state index is 0.159. The maximum absolute atomic E-state index is 13.8. The second kappa shape index (κ2) is 9.68. The van der Waals surface area contributed by atoms with Crippen molar-refractivity contribution in [3.05, 3.63) is 58.9 Å². The monoisotopic (exact) mass is 512 g/mol. The van der Waals surface area contributed by atoms with Crippen LogP contribution in [0, 0.1) is 6.92 Å². The van der Waals surface area contributed by atoms with Gasteiger partial charge >= 0.3 is 18.1 Å². The lowest BCUT2D eigenvalue weighted by Gasteiger charge is -2.16. The van der Waals surface area contributed by atoms with Crippen LogP contribution in [-0.4, -0.2) is 42.5 Å². The standard InChI is InChI=1S/C23H23F3N2O6S/c1-13-19(11-21(30)34-15(3)33-14(2)29)18-6-5-9-27-22(18)28(13)12-16-7-8-17(35(4,31)32)10-20(16)23(24,25)26/h5-10,15H,11-12H2,1-4H3. The molecule has 0 saturated carbocycles. The number of nitrogens with zero attached hydrogens (tertiary/aromatic N) is 2. The molecule has 3 rings (SSSR count). The van der Waals surface area contributed by atoms with Gasteiger partial charge in [-0.3, -0.25) is 9.59 Å². The van der Waals surface area contributed by atoms with Crippen molar-refractivity contribution in [1.29, 1.82) is 0 Å². The van der Waals surface area contributed by atoms with Crippen molar-refractivity contribution in [1.82, 2.24) is 9.55 Å². The number of hydrogen-bond donors (Lipinski definition) is 0. The number of benzene rings is 1. The molecule has 0 aliphatic rings. The van der Waals surface area contributed by atoms with Crippen LogP contribution in [-0.2, 0) is 48.0 Å². The van der Waals surface area contributed by atoms with Gasteiger partial charge in [0.1, 0.15) is 5.65 Å². The molecule has 3 aromatic rings. The van der Waals surface area contributed by atoms with Crippen molar-refractivity contribution in [3.63, 3.8) is 0 Å². The number of esters is 2. The molecule has 0 radical (unpaired) electrons. The van der Waals surface area contributed by atoms with E-state index in [-0.39, 0.29) is 18.5 Å². The van der Waals surface area contributed by atoms with E-state index in [2.05, 4.69) is 4.98 Å². The fraction of sp³-hybridized carbons (Fsp3) is 0.348. The van der Waals surface area contributed by atoms with Gasteiger partial charge in [-0.15, -0.1) is 0 Å². The van der Waals surface area contributed by atoms with Crippen LogP contribution in [0.3, 0.4) is 0 Å². The second-order valence-corrected chi connectivity index (χ2v) is 9.97. The third-order valence-electron chi connectivity index (χ3n) is 5.30. The fourth-order valence-electron chi connectivity index (χ4n) is 3.77. The average Bonchev–Trinajstić information content (AvgIpc) is 2.97. The van der Waals surface area contributed by atoms with Crippen LogP contribution in [0.15, 0.2) is 41.4 Å². The molecule has 1 atom stereocenters. The van der Waals surface area contributed by atoms with Crippen LogP contribution in [0.5, 0.6) is 0 Å². The van der Waals surface area contributed by atoms with Crippen LogP contribution < -0.4 is 0 Å². The van der Waals surface area contributed by atoms with Gasteiger partial charge in [-0.05, 0) is 42.3 Å². The van der Waals surface area contributed by atoms with E-state index < -0.39 is 44.7 Å². The summed E-state index contributed by atoms with van der Waals surface area (Å²) < 4.78 is 76.4. The summed E-state index contributed by atoms with van der Waals surface area (Å²) in [5, 5.41) is 0.545. The predicted molar refractivity (Wildman–Crippen MR) is 119 cm³/mol. The first kappa shape index (κ1) is 26.2. The van der Waals surface area contributed by atoms with Crippen LogP contribution in [0.4, 0.5) is 13.2 Å². The molecule has 8 nitrogen and oxygen atoms in total. The van der Waals surface area contributed by atoms with Crippen molar-refractivity contribution in [3.8, 4) is 0 Å². The predicted octanol–water partition coefficient (Wildman–Crippen LogP) is 3.81. The first-order valence-electron chi connectivity index (χ1n) is 10.4. The molecule has 12 heteroatoms. The summed E-state index contributed by atoms with van der Waals surface area (Å²) in [7, 11) is -3.85. The Labute approximate surface area is 199 Å². The van der Waals surface area contributed by atoms with Crippen LogP contribution >= 0.6 is 0 Å². The van der Waals surface area contributed by atoms with Gasteiger partial charge in [0.15, 0.2) is 9.84 Å². The van der Waals surface area contributed by atoms with Crippen LogP contribution in [0.1, 0.15) is 36.2 Å². The van der Waals surface area contributed by atoms with Gasteiger partial charge in [-0.2, -0.15) is 13.2 Å². The molecule has 0 aliphatic heterocycles. The summed E-state index contributed by atoms with van der Waals surface area (Å²) in [5.41, 5.74) is 0.0913. The van der Waals surface area contributed by atoms with Gasteiger partial charge in [0.25, 0.3) is 0 Å². The van der Waals surface area contributed by atoms with E-state index in [9.17, 15) is 31.2 Å². The molecule has 0 amide bonds. The van der Waals surface area contributed by atoms with Crippen LogP contribution in [0.25, 0.3) is 11.0 Å². The van der Waals surface area contributed by atoms with Gasteiger partial charge in [0.05, 0.1) is 16.9 Å². The van der Waals surface area contributed by atoms with E-state index in [4.69, 9.17) is 9.47 Å². The van der Waals surface area contributed by atoms with Crippen molar-refractivity contribution >= 4 is 32.8 Å². The molecule has 35 heavy (non-hydrogen) atoms. The molecule has 0 aliphatic carbocycles. The van der Waals surface area contributed by atoms with E-state index >= 15 is 0 Å². The number of sulfone groups is 1. The third kappa shape index (κ3) is 5.99. The van der Waals surface area contributed by atoms with E-state index in [0.29, 0.717) is 28.4 Å². The van der Waals surface area contributed by atoms with E-state index in [0.717, 1.165) is 18.4 Å². The van der Waals surface area contributed by atoms with E-state index in [1.165, 1.54) is 24.6 Å². The number of halogens is 3. The highest BCUT2D eigenvalue weighted by Gasteiger charge is 2.35. The minimum Gasteiger partial charge on any atom is -0.426 e. The Morgan fingerprint density at radius 3 is 2.46 bits per heavy atom. The zero-order valence-electron chi connectivity index (χ0n) is 19.3. The lowest BCUT2D eigenvalue weighted by Crippen LogP contribution is -2.21. The van der Waals surface area contributed by atoms with Gasteiger partial charge < -0.3 is 14.0 Å². The fourth-order valence-corrected chi connectivity index (χ4v) is 4.42. The Hall–Kier alpha value is -3.41. The number of carbonyl (C=O) groups is 2. The van der Waals surface area contributed by atoms with Gasteiger partial charge in [0, 0.05) is 43.9 Å². The summed E-state index contributed by atoms with van der Waals surface area (Å²) in [4.78, 5) is 27.3. The largest absolute Gasteiger partial charge is 0.426 e. The number of alkyl halides is 3. The van der Waals surface area contributed by atoms with Crippen LogP contribution in [0.2, 0.25) is 0 Å². The summed E-state index contributed by atoms with van der Waals surface area (Å²) in [6.07, 6.45) is -3.82. The quantitative estimate of drug-likeness (QED) is 0.350. The van der Waals surface area contributed by atoms with Crippen molar-refractivity contribution in [2.45, 2.75) is 51.1 Å². The lowest BCUT2D eigenvalue weighted by molar-refractivity contribution is -0.182. The van der Waals surface area contributed by atoms with Gasteiger partial charge in [-0.25, -0.2) is 13.4 Å². The smallest absolute Gasteiger partial charge is 0.416 e. The molecule has 1 aromatic carbocycles. The number of ether oxygens (including phenoxy) is 2. The Bertz CT molecular complexity index is 1400. The number of carbonyl (C=O) groups excluding carboxylic acids is 2. The van der Waals surface area contributed by atoms with Crippen molar-refractivity contribution in [2.75, 3.05) is 6.26 Å². The average molecular weight is 513 g/mol. The molecular weight excluding hydrogens is 489 g/mol. The highest BCUT2D eigenvalue weighted by Crippen LogP contribution is 2.35. The summed E-state index contributed by atoms with van der Waals surface area (Å²) in [5.74, 6) is -1.32. The normalized spacial score (nSPS) is 13.0. The number of rotatable bonds is 7. The molecule has 2 aromatic heterocycles. The number of hydrogen-bond acceptors (Lipinski definition) is 7. The topological polar surface area (TPSA) is 105 Å². The third-order valence-corrected chi connectivity index (χ3v) is 6.41. The SMILES string of the molecule is CC(=O)OC(C)OC(=O)Cc1c(C)n(Cc2ccc(S(C)(=O)=O)cc2C(F)(F)F)c2ncccc12. The van der Waals surface area contributed by atoms with Crippen molar-refractivity contribution < 1.29 is 40.7 Å². The van der Waals surface area contributed by atoms with Gasteiger partial charge in [0.2, 0.25) is 6.29 Å². The highest BCUT2D eigenvalue weighted by atomic mass is 32.2. The molecule has 0 saturated heterocycles. The Balaban J connectivity index is 2.03. The van der Waals surface area contributed by atoms with Crippen molar-refractivity contribution in [2.24, 2.45) is 0 Å². The molecule has 0 fully saturated rings. The van der Waals surface area contributed by atoms with Gasteiger partial charge in [-0.1, -0.05) is 6.07 Å². The van der Waals surface area contributed by atoms with E-state index in [1.54, 1.807) is 19.1 Å². The Kier molecular flexibility index (Phi) is 7.25. The first-order valence-corrected chi connectivity index (χ1v) is 12.3. The first-order chi connectivity index (χ1) is 16.2. The minimum atomic E-state index is -4.79. The molecule has 0 spiro atoms. The Morgan fingerprint density at radius 1 is 1.17 bits per heavy atom. The summed E-state index contributed by atoms with van der Waals surface area (Å²) in [6, 6.07) is 6.19. The summed E-state index contributed by atoms with van der Waals surface area (Å²) in [6.45, 7) is 3.93. The summed E-state index contributed by atoms with van der Waals surface area (Å²) >= 11 is 0. The second-order valence-electron chi connectivity index (χ2n) is 7.96.